The van der Waals surface area contributed by atoms with Gasteiger partial charge in [0.25, 0.3) is 0 Å². The molecule has 1 heterocycles. The highest BCUT2D eigenvalue weighted by Crippen LogP contribution is 2.37. The summed E-state index contributed by atoms with van der Waals surface area (Å²) in [6.45, 7) is 3.45. The molecule has 1 aromatic rings. The number of hydrogen-bond acceptors (Lipinski definition) is 5. The Morgan fingerprint density at radius 1 is 1.30 bits per heavy atom. The van der Waals surface area contributed by atoms with Crippen LogP contribution in [0.25, 0.3) is 0 Å². The second-order valence-electron chi connectivity index (χ2n) is 7.43. The van der Waals surface area contributed by atoms with E-state index in [2.05, 4.69) is 10.6 Å². The lowest BCUT2D eigenvalue weighted by molar-refractivity contribution is -0.124. The van der Waals surface area contributed by atoms with Crippen molar-refractivity contribution in [2.24, 2.45) is 5.92 Å². The number of fused-ring (bicyclic) bond motifs is 1. The second-order valence-corrected chi connectivity index (χ2v) is 10.9. The quantitative estimate of drug-likeness (QED) is 0.779. The van der Waals surface area contributed by atoms with E-state index >= 15 is 0 Å². The number of anilines is 1. The van der Waals surface area contributed by atoms with Gasteiger partial charge in [-0.15, -0.1) is 11.8 Å². The normalized spacial score (nSPS) is 21.9. The van der Waals surface area contributed by atoms with E-state index in [1.807, 2.05) is 0 Å². The minimum atomic E-state index is -3.63. The van der Waals surface area contributed by atoms with Gasteiger partial charge in [-0.2, -0.15) is 0 Å². The standard InChI is InChI=1S/C19H26N2O4S2/c1-12(18(22)20-14-6-4-3-5-7-14)11-27(24,25)15-8-9-17-16(10-15)21-19(23)13(2)26-17/h8-10,12-14H,3-7,11H2,1-2H3,(H,20,22)(H,21,23). The van der Waals surface area contributed by atoms with Gasteiger partial charge in [0.1, 0.15) is 0 Å². The lowest BCUT2D eigenvalue weighted by Gasteiger charge is -2.24. The maximum atomic E-state index is 12.8. The maximum Gasteiger partial charge on any atom is 0.237 e. The molecule has 2 N–H and O–H groups in total. The van der Waals surface area contributed by atoms with Crippen LogP contribution in [0.2, 0.25) is 0 Å². The van der Waals surface area contributed by atoms with Crippen molar-refractivity contribution in [2.45, 2.75) is 67.0 Å². The molecule has 0 radical (unpaired) electrons. The van der Waals surface area contributed by atoms with Gasteiger partial charge in [0.15, 0.2) is 9.84 Å². The van der Waals surface area contributed by atoms with E-state index < -0.39 is 15.8 Å². The van der Waals surface area contributed by atoms with Crippen LogP contribution in [0.5, 0.6) is 0 Å². The zero-order valence-corrected chi connectivity index (χ0v) is 17.3. The van der Waals surface area contributed by atoms with Crippen LogP contribution in [0, 0.1) is 5.92 Å². The van der Waals surface area contributed by atoms with Gasteiger partial charge in [-0.1, -0.05) is 26.2 Å². The summed E-state index contributed by atoms with van der Waals surface area (Å²) in [6, 6.07) is 4.93. The molecule has 6 nitrogen and oxygen atoms in total. The van der Waals surface area contributed by atoms with Gasteiger partial charge in [-0.3, -0.25) is 9.59 Å². The first-order valence-electron chi connectivity index (χ1n) is 9.41. The summed E-state index contributed by atoms with van der Waals surface area (Å²) in [5.41, 5.74) is 0.517. The first-order valence-corrected chi connectivity index (χ1v) is 11.9. The van der Waals surface area contributed by atoms with Crippen LogP contribution in [0.3, 0.4) is 0 Å². The van der Waals surface area contributed by atoms with Gasteiger partial charge >= 0.3 is 0 Å². The average molecular weight is 411 g/mol. The number of amides is 2. The molecule has 0 aromatic heterocycles. The molecule has 2 amide bonds. The van der Waals surface area contributed by atoms with Gasteiger partial charge in [0.2, 0.25) is 11.8 Å². The first-order chi connectivity index (χ1) is 12.8. The van der Waals surface area contributed by atoms with Crippen molar-refractivity contribution in [1.82, 2.24) is 5.32 Å². The third kappa shape index (κ3) is 4.85. The van der Waals surface area contributed by atoms with E-state index in [1.54, 1.807) is 26.0 Å². The largest absolute Gasteiger partial charge is 0.353 e. The summed E-state index contributed by atoms with van der Waals surface area (Å²) in [6.07, 6.45) is 5.34. The Balaban J connectivity index is 1.68. The lowest BCUT2D eigenvalue weighted by atomic mass is 9.95. The fourth-order valence-corrected chi connectivity index (χ4v) is 5.98. The number of sulfone groups is 1. The van der Waals surface area contributed by atoms with Crippen LogP contribution in [0.4, 0.5) is 5.69 Å². The molecule has 1 aromatic carbocycles. The zero-order chi connectivity index (χ0) is 19.6. The van der Waals surface area contributed by atoms with Crippen LogP contribution in [-0.2, 0) is 19.4 Å². The fourth-order valence-electron chi connectivity index (χ4n) is 3.47. The molecule has 2 atom stereocenters. The summed E-state index contributed by atoms with van der Waals surface area (Å²) < 4.78 is 25.5. The molecule has 0 bridgehead atoms. The van der Waals surface area contributed by atoms with Crippen molar-refractivity contribution in [3.05, 3.63) is 18.2 Å². The van der Waals surface area contributed by atoms with Crippen molar-refractivity contribution in [1.29, 1.82) is 0 Å². The van der Waals surface area contributed by atoms with Crippen molar-refractivity contribution in [3.63, 3.8) is 0 Å². The number of rotatable bonds is 5. The molecule has 3 rings (SSSR count). The van der Waals surface area contributed by atoms with E-state index in [4.69, 9.17) is 0 Å². The fraction of sp³-hybridized carbons (Fsp3) is 0.579. The number of hydrogen-bond donors (Lipinski definition) is 2. The summed E-state index contributed by atoms with van der Waals surface area (Å²) in [5, 5.41) is 5.53. The highest BCUT2D eigenvalue weighted by Gasteiger charge is 2.28. The molecule has 8 heteroatoms. The van der Waals surface area contributed by atoms with Gasteiger partial charge in [0.05, 0.1) is 21.6 Å². The molecule has 0 spiro atoms. The first kappa shape index (κ1) is 20.2. The molecule has 2 unspecified atom stereocenters. The Bertz CT molecular complexity index is 832. The van der Waals surface area contributed by atoms with Crippen LogP contribution in [-0.4, -0.2) is 37.3 Å². The van der Waals surface area contributed by atoms with Crippen LogP contribution in [0.1, 0.15) is 46.0 Å². The van der Waals surface area contributed by atoms with E-state index in [-0.39, 0.29) is 33.8 Å². The van der Waals surface area contributed by atoms with Crippen molar-refractivity contribution >= 4 is 39.1 Å². The van der Waals surface area contributed by atoms with Gasteiger partial charge in [-0.25, -0.2) is 8.42 Å². The summed E-state index contributed by atoms with van der Waals surface area (Å²) in [4.78, 5) is 25.2. The summed E-state index contributed by atoms with van der Waals surface area (Å²) in [7, 11) is -3.63. The average Bonchev–Trinajstić information content (AvgIpc) is 2.62. The van der Waals surface area contributed by atoms with Crippen molar-refractivity contribution in [2.75, 3.05) is 11.1 Å². The Morgan fingerprint density at radius 3 is 2.70 bits per heavy atom. The lowest BCUT2D eigenvalue weighted by Crippen LogP contribution is -2.41. The molecule has 1 aliphatic heterocycles. The molecular formula is C19H26N2O4S2. The third-order valence-corrected chi connectivity index (χ3v) is 8.20. The highest BCUT2D eigenvalue weighted by atomic mass is 32.2. The molecule has 1 fully saturated rings. The van der Waals surface area contributed by atoms with Gasteiger partial charge in [0, 0.05) is 16.9 Å². The van der Waals surface area contributed by atoms with Crippen molar-refractivity contribution in [3.8, 4) is 0 Å². The summed E-state index contributed by atoms with van der Waals surface area (Å²) >= 11 is 1.41. The molecule has 1 aliphatic carbocycles. The Labute approximate surface area is 164 Å². The summed E-state index contributed by atoms with van der Waals surface area (Å²) in [5.74, 6) is -1.22. The van der Waals surface area contributed by atoms with E-state index in [0.717, 1.165) is 30.6 Å². The zero-order valence-electron chi connectivity index (χ0n) is 15.7. The molecule has 0 saturated heterocycles. The minimum Gasteiger partial charge on any atom is -0.353 e. The topological polar surface area (TPSA) is 92.3 Å². The van der Waals surface area contributed by atoms with Crippen LogP contribution < -0.4 is 10.6 Å². The van der Waals surface area contributed by atoms with E-state index in [1.165, 1.54) is 24.2 Å². The molecule has 2 aliphatic rings. The highest BCUT2D eigenvalue weighted by molar-refractivity contribution is 8.01. The molecular weight excluding hydrogens is 384 g/mol. The van der Waals surface area contributed by atoms with Crippen LogP contribution in [0.15, 0.2) is 28.0 Å². The predicted molar refractivity (Wildman–Crippen MR) is 107 cm³/mol. The smallest absolute Gasteiger partial charge is 0.237 e. The predicted octanol–water partition coefficient (Wildman–Crippen LogP) is 2.98. The number of thioether (sulfide) groups is 1. The number of nitrogens with one attached hydrogen (secondary N) is 2. The minimum absolute atomic E-state index is 0.133. The van der Waals surface area contributed by atoms with E-state index in [0.29, 0.717) is 5.69 Å². The van der Waals surface area contributed by atoms with E-state index in [9.17, 15) is 18.0 Å². The molecule has 27 heavy (non-hydrogen) atoms. The van der Waals surface area contributed by atoms with Gasteiger partial charge < -0.3 is 10.6 Å². The number of benzene rings is 1. The third-order valence-electron chi connectivity index (χ3n) is 5.11. The second kappa shape index (κ2) is 8.22. The Kier molecular flexibility index (Phi) is 6.15. The van der Waals surface area contributed by atoms with Gasteiger partial charge in [-0.05, 0) is 38.0 Å². The van der Waals surface area contributed by atoms with Crippen LogP contribution >= 0.6 is 11.8 Å². The van der Waals surface area contributed by atoms with Crippen molar-refractivity contribution < 1.29 is 18.0 Å². The molecule has 148 valence electrons. The Morgan fingerprint density at radius 2 is 2.00 bits per heavy atom. The maximum absolute atomic E-state index is 12.8. The number of carbonyl (C=O) groups excluding carboxylic acids is 2. The Hall–Kier alpha value is -1.54. The molecule has 1 saturated carbocycles. The number of carbonyl (C=O) groups is 2. The SMILES string of the molecule is CC(CS(=O)(=O)c1ccc2c(c1)NC(=O)C(C)S2)C(=O)NC1CCCCC1. The monoisotopic (exact) mass is 410 g/mol.